The number of imidazole rings is 1. The molecule has 0 fully saturated rings. The summed E-state index contributed by atoms with van der Waals surface area (Å²) in [5.74, 6) is 0. The summed E-state index contributed by atoms with van der Waals surface area (Å²) in [6.07, 6.45) is 2.09. The fraction of sp³-hybridized carbons (Fsp3) is 0. The maximum atomic E-state index is 5.44. The average molecular weight is 1190 g/mol. The molecule has 0 bridgehead atoms. The predicted octanol–water partition coefficient (Wildman–Crippen LogP) is 21.6. The largest absolute Gasteiger partial charge is 0.309 e. The molecule has 8 nitrogen and oxygen atoms in total. The van der Waals surface area contributed by atoms with Crippen LogP contribution in [0.25, 0.3) is 182 Å². The Morgan fingerprint density at radius 1 is 0.183 bits per heavy atom. The van der Waals surface area contributed by atoms with E-state index in [9.17, 15) is 0 Å². The zero-order valence-corrected chi connectivity index (χ0v) is 50.1. The van der Waals surface area contributed by atoms with Crippen molar-refractivity contribution < 1.29 is 0 Å². The third-order valence-corrected chi connectivity index (χ3v) is 20.0. The SMILES string of the molecule is c1ccc(-n2c3ccccc3c3c2ccc2c4ccccc4n(-c4c(-n5c6ccccc6c6ccccc65)c(-n5c6ccccc6c6ccccc65)c(-n5cnc6ccccc65)c(-n5c6ccccc6c6ccccc65)c4-n4c5ccccc5c5ccccc54)c23)cc1. The molecule has 7 aromatic heterocycles. The second-order valence-corrected chi connectivity index (χ2v) is 24.6. The number of aromatic nitrogens is 8. The quantitative estimate of drug-likeness (QED) is 0.157. The zero-order valence-electron chi connectivity index (χ0n) is 50.1. The molecule has 7 heterocycles. The van der Waals surface area contributed by atoms with Crippen molar-refractivity contribution in [3.63, 3.8) is 0 Å². The highest BCUT2D eigenvalue weighted by atomic mass is 15.2. The molecule has 0 aliphatic rings. The average Bonchev–Trinajstić information content (AvgIpc) is 1.57. The first kappa shape index (κ1) is 50.2. The highest BCUT2D eigenvalue weighted by molar-refractivity contribution is 6.27. The molecule has 0 saturated carbocycles. The Morgan fingerprint density at radius 3 is 0.849 bits per heavy atom. The summed E-state index contributed by atoms with van der Waals surface area (Å²) in [7, 11) is 0. The molecule has 0 N–H and O–H groups in total. The van der Waals surface area contributed by atoms with Gasteiger partial charge in [0.05, 0.1) is 111 Å². The molecule has 432 valence electrons. The summed E-state index contributed by atoms with van der Waals surface area (Å²) in [6.45, 7) is 0. The molecule has 0 aliphatic carbocycles. The molecule has 21 rings (SSSR count). The van der Waals surface area contributed by atoms with Crippen molar-refractivity contribution in [2.75, 3.05) is 0 Å². The number of hydrogen-bond acceptors (Lipinski definition) is 1. The van der Waals surface area contributed by atoms with Crippen molar-refractivity contribution in [2.45, 2.75) is 0 Å². The topological polar surface area (TPSA) is 47.4 Å². The first-order valence-corrected chi connectivity index (χ1v) is 31.9. The second-order valence-electron chi connectivity index (χ2n) is 24.6. The van der Waals surface area contributed by atoms with Gasteiger partial charge in [0.25, 0.3) is 0 Å². The van der Waals surface area contributed by atoms with Crippen molar-refractivity contribution in [3.8, 4) is 39.8 Å². The highest BCUT2D eigenvalue weighted by Crippen LogP contribution is 2.54. The third kappa shape index (κ3) is 6.69. The molecule has 0 radical (unpaired) electrons. The Kier molecular flexibility index (Phi) is 10.2. The fourth-order valence-electron chi connectivity index (χ4n) is 16.3. The molecule has 0 atom stereocenters. The monoisotopic (exact) mass is 1180 g/mol. The van der Waals surface area contributed by atoms with E-state index in [1.165, 1.54) is 0 Å². The highest BCUT2D eigenvalue weighted by Gasteiger charge is 2.38. The molecule has 0 unspecified atom stereocenters. The zero-order chi connectivity index (χ0) is 60.6. The van der Waals surface area contributed by atoms with E-state index in [1.807, 2.05) is 0 Å². The van der Waals surface area contributed by atoms with Gasteiger partial charge in [-0.05, 0) is 91.0 Å². The summed E-state index contributed by atoms with van der Waals surface area (Å²) in [5.41, 5.74) is 21.9. The molecule has 0 aliphatic heterocycles. The van der Waals surface area contributed by atoms with Crippen LogP contribution in [0.5, 0.6) is 0 Å². The van der Waals surface area contributed by atoms with Crippen LogP contribution in [0.4, 0.5) is 0 Å². The fourth-order valence-corrected chi connectivity index (χ4v) is 16.3. The van der Waals surface area contributed by atoms with Gasteiger partial charge in [0, 0.05) is 70.3 Å². The normalized spacial score (nSPS) is 12.3. The van der Waals surface area contributed by atoms with Gasteiger partial charge in [-0.3, -0.25) is 4.57 Å². The van der Waals surface area contributed by atoms with Gasteiger partial charge in [-0.15, -0.1) is 0 Å². The summed E-state index contributed by atoms with van der Waals surface area (Å²) < 4.78 is 18.1. The van der Waals surface area contributed by atoms with Gasteiger partial charge < -0.3 is 27.4 Å². The number of para-hydroxylation sites is 13. The number of nitrogens with zero attached hydrogens (tertiary/aromatic N) is 8. The first-order chi connectivity index (χ1) is 46.3. The van der Waals surface area contributed by atoms with Crippen molar-refractivity contribution in [1.82, 2.24) is 37.0 Å². The van der Waals surface area contributed by atoms with E-state index in [4.69, 9.17) is 4.98 Å². The van der Waals surface area contributed by atoms with Crippen LogP contribution in [0.1, 0.15) is 0 Å². The van der Waals surface area contributed by atoms with Crippen LogP contribution >= 0.6 is 0 Å². The van der Waals surface area contributed by atoms with Gasteiger partial charge in [0.15, 0.2) is 0 Å². The lowest BCUT2D eigenvalue weighted by Gasteiger charge is -2.32. The van der Waals surface area contributed by atoms with Crippen LogP contribution in [0.15, 0.2) is 316 Å². The molecule has 0 saturated heterocycles. The minimum absolute atomic E-state index is 0.888. The molecule has 93 heavy (non-hydrogen) atoms. The minimum atomic E-state index is 0.888. The number of benzene rings is 14. The second kappa shape index (κ2) is 18.9. The van der Waals surface area contributed by atoms with E-state index in [0.29, 0.717) is 0 Å². The summed E-state index contributed by atoms with van der Waals surface area (Å²) in [5, 5.41) is 13.9. The van der Waals surface area contributed by atoms with E-state index in [-0.39, 0.29) is 0 Å². The lowest BCUT2D eigenvalue weighted by Crippen LogP contribution is -2.20. The summed E-state index contributed by atoms with van der Waals surface area (Å²) in [4.78, 5) is 5.44. The van der Waals surface area contributed by atoms with Crippen LogP contribution in [0.2, 0.25) is 0 Å². The minimum Gasteiger partial charge on any atom is -0.309 e. The maximum Gasteiger partial charge on any atom is 0.101 e. The van der Waals surface area contributed by atoms with Gasteiger partial charge in [0.1, 0.15) is 6.33 Å². The lowest BCUT2D eigenvalue weighted by atomic mass is 10.0. The summed E-state index contributed by atoms with van der Waals surface area (Å²) >= 11 is 0. The van der Waals surface area contributed by atoms with Crippen LogP contribution in [0, 0.1) is 0 Å². The number of hydrogen-bond donors (Lipinski definition) is 0. The smallest absolute Gasteiger partial charge is 0.101 e. The Labute approximate surface area is 531 Å². The van der Waals surface area contributed by atoms with Crippen LogP contribution in [0.3, 0.4) is 0 Å². The van der Waals surface area contributed by atoms with Crippen LogP contribution in [-0.4, -0.2) is 37.0 Å². The van der Waals surface area contributed by atoms with Gasteiger partial charge in [0.2, 0.25) is 0 Å². The standard InChI is InChI=1S/C85H52N8/c1-2-26-53(27-3-1)88-75-48-24-13-37-64(75)78-77(88)51-50-63-62-36-12-23-47-74(62)93(79(63)78)85-83(91-70-43-19-8-32-58(70)59-33-9-20-44-71(59)91)81(89-66-39-15-4-28-54(66)55-29-5-16-40-67(55)89)80(87-52-86-65-38-14-25-49-76(65)87)82(90-68-41-17-6-30-56(68)57-31-7-18-42-69(57)90)84(85)92-72-45-21-10-34-60(72)61-35-11-22-46-73(61)92/h1-52H. The van der Waals surface area contributed by atoms with E-state index in [1.54, 1.807) is 0 Å². The Bertz CT molecular complexity index is 6290. The van der Waals surface area contributed by atoms with Crippen molar-refractivity contribution in [1.29, 1.82) is 0 Å². The maximum absolute atomic E-state index is 5.44. The van der Waals surface area contributed by atoms with Crippen molar-refractivity contribution >= 4 is 142 Å². The van der Waals surface area contributed by atoms with Gasteiger partial charge in [-0.1, -0.05) is 218 Å². The molecular weight excluding hydrogens is 1130 g/mol. The molecule has 0 spiro atoms. The molecule has 8 heteroatoms. The number of fused-ring (bicyclic) bond motifs is 20. The Morgan fingerprint density at radius 2 is 0.462 bits per heavy atom. The summed E-state index contributed by atoms with van der Waals surface area (Å²) in [6, 6.07) is 115. The third-order valence-electron chi connectivity index (χ3n) is 20.0. The van der Waals surface area contributed by atoms with Gasteiger partial charge >= 0.3 is 0 Å². The van der Waals surface area contributed by atoms with E-state index >= 15 is 0 Å². The van der Waals surface area contributed by atoms with Crippen molar-refractivity contribution in [2.24, 2.45) is 0 Å². The van der Waals surface area contributed by atoms with E-state index in [2.05, 4.69) is 348 Å². The number of rotatable bonds is 7. The lowest BCUT2D eigenvalue weighted by molar-refractivity contribution is 0.957. The Balaban J connectivity index is 1.17. The Hall–Kier alpha value is -12.7. The van der Waals surface area contributed by atoms with Crippen molar-refractivity contribution in [3.05, 3.63) is 316 Å². The molecular formula is C85H52N8. The van der Waals surface area contributed by atoms with E-state index < -0.39 is 0 Å². The predicted molar refractivity (Wildman–Crippen MR) is 387 cm³/mol. The first-order valence-electron chi connectivity index (χ1n) is 31.9. The van der Waals surface area contributed by atoms with Gasteiger partial charge in [-0.2, -0.15) is 0 Å². The van der Waals surface area contributed by atoms with Gasteiger partial charge in [-0.25, -0.2) is 4.98 Å². The van der Waals surface area contributed by atoms with E-state index in [0.717, 1.165) is 182 Å². The molecule has 0 amide bonds. The molecule has 14 aromatic carbocycles. The van der Waals surface area contributed by atoms with Crippen LogP contribution < -0.4 is 0 Å². The van der Waals surface area contributed by atoms with Crippen LogP contribution in [-0.2, 0) is 0 Å². The molecule has 21 aromatic rings.